The number of aromatic nitrogens is 3. The maximum absolute atomic E-state index is 13.7. The highest BCUT2D eigenvalue weighted by Gasteiger charge is 2.22. The summed E-state index contributed by atoms with van der Waals surface area (Å²) in [7, 11) is 0. The molecule has 172 valence electrons. The van der Waals surface area contributed by atoms with E-state index >= 15 is 0 Å². The number of amides is 1. The smallest absolute Gasteiger partial charge is 0.244 e. The highest BCUT2D eigenvalue weighted by molar-refractivity contribution is 5.91. The number of carbonyl (C=O) groups excluding carboxylic acids is 1. The zero-order chi connectivity index (χ0) is 23.4. The van der Waals surface area contributed by atoms with Crippen LogP contribution >= 0.6 is 0 Å². The van der Waals surface area contributed by atoms with Crippen LogP contribution in [0.4, 0.5) is 4.39 Å². The number of aryl methyl sites for hydroxylation is 3. The van der Waals surface area contributed by atoms with Gasteiger partial charge < -0.3 is 5.32 Å². The summed E-state index contributed by atoms with van der Waals surface area (Å²) in [5.74, 6) is -0.600. The number of halogens is 1. The molecule has 1 amide bonds. The summed E-state index contributed by atoms with van der Waals surface area (Å²) in [4.78, 5) is 19.3. The predicted molar refractivity (Wildman–Crippen MR) is 127 cm³/mol. The number of nitrogens with one attached hydrogen (secondary N) is 1. The maximum Gasteiger partial charge on any atom is 0.244 e. The van der Waals surface area contributed by atoms with Crippen molar-refractivity contribution in [1.29, 1.82) is 0 Å². The Bertz CT molecular complexity index is 1180. The zero-order valence-corrected chi connectivity index (χ0v) is 19.4. The van der Waals surface area contributed by atoms with Crippen molar-refractivity contribution in [3.8, 4) is 0 Å². The summed E-state index contributed by atoms with van der Waals surface area (Å²) in [6.45, 7) is 10.1. The van der Waals surface area contributed by atoms with Gasteiger partial charge in [0.25, 0.3) is 0 Å². The van der Waals surface area contributed by atoms with Crippen LogP contribution in [0.1, 0.15) is 46.1 Å². The molecule has 6 nitrogen and oxygen atoms in total. The molecule has 3 heterocycles. The van der Waals surface area contributed by atoms with Gasteiger partial charge in [0.1, 0.15) is 5.82 Å². The second-order valence-electron chi connectivity index (χ2n) is 8.45. The minimum Gasteiger partial charge on any atom is -0.348 e. The van der Waals surface area contributed by atoms with Crippen LogP contribution in [0, 0.1) is 19.7 Å². The van der Waals surface area contributed by atoms with Gasteiger partial charge in [0.2, 0.25) is 5.91 Å². The van der Waals surface area contributed by atoms with Gasteiger partial charge in [-0.15, -0.1) is 0 Å². The molecule has 0 atom stereocenters. The first kappa shape index (κ1) is 22.9. The second-order valence-corrected chi connectivity index (χ2v) is 8.45. The predicted octanol–water partition coefficient (Wildman–Crippen LogP) is 3.94. The lowest BCUT2D eigenvalue weighted by molar-refractivity contribution is -0.116. The molecule has 0 saturated carbocycles. The molecule has 1 aliphatic rings. The van der Waals surface area contributed by atoms with E-state index in [2.05, 4.69) is 40.3 Å². The standard InChI is InChI=1S/C26H30FN5O/c1-4-32-17-22(18(2)30-32)16-31-12-11-23-21(15-31)13-28-19(3)24(23)14-29-26(33)10-9-20-7-5-6-8-25(20)27/h5-10,13,17H,4,11-12,14-16H2,1-3H3,(H,29,33). The molecule has 4 rings (SSSR count). The van der Waals surface area contributed by atoms with Crippen molar-refractivity contribution in [1.82, 2.24) is 25.0 Å². The number of hydrogen-bond donors (Lipinski definition) is 1. The summed E-state index contributed by atoms with van der Waals surface area (Å²) in [6.07, 6.45) is 7.88. The van der Waals surface area contributed by atoms with E-state index in [-0.39, 0.29) is 11.7 Å². The molecule has 1 aliphatic heterocycles. The quantitative estimate of drug-likeness (QED) is 0.558. The molecule has 0 aliphatic carbocycles. The SMILES string of the molecule is CCn1cc(CN2CCc3c(cnc(C)c3CNC(=O)C=Cc3ccccc3F)C2)c(C)n1. The minimum atomic E-state index is -0.347. The molecular formula is C26H30FN5O. The molecular weight excluding hydrogens is 417 g/mol. The van der Waals surface area contributed by atoms with Crippen LogP contribution in [-0.2, 0) is 37.4 Å². The van der Waals surface area contributed by atoms with Gasteiger partial charge >= 0.3 is 0 Å². The number of carbonyl (C=O) groups is 1. The molecule has 0 unspecified atom stereocenters. The lowest BCUT2D eigenvalue weighted by atomic mass is 9.94. The molecule has 0 radical (unpaired) electrons. The number of pyridine rings is 1. The second kappa shape index (κ2) is 10.1. The maximum atomic E-state index is 13.7. The van der Waals surface area contributed by atoms with E-state index in [4.69, 9.17) is 0 Å². The Morgan fingerprint density at radius 1 is 1.24 bits per heavy atom. The number of rotatable bonds is 7. The van der Waals surface area contributed by atoms with E-state index in [1.54, 1.807) is 18.2 Å². The molecule has 0 spiro atoms. The topological polar surface area (TPSA) is 63.1 Å². The van der Waals surface area contributed by atoms with E-state index in [0.29, 0.717) is 12.1 Å². The van der Waals surface area contributed by atoms with Crippen LogP contribution in [0.3, 0.4) is 0 Å². The first-order chi connectivity index (χ1) is 15.9. The van der Waals surface area contributed by atoms with Crippen LogP contribution in [0.25, 0.3) is 6.08 Å². The number of benzene rings is 1. The fourth-order valence-corrected chi connectivity index (χ4v) is 4.28. The summed E-state index contributed by atoms with van der Waals surface area (Å²) in [5.41, 5.74) is 7.22. The molecule has 0 fully saturated rings. The third kappa shape index (κ3) is 5.37. The highest BCUT2D eigenvalue weighted by atomic mass is 19.1. The van der Waals surface area contributed by atoms with Crippen molar-refractivity contribution >= 4 is 12.0 Å². The van der Waals surface area contributed by atoms with Crippen molar-refractivity contribution in [3.63, 3.8) is 0 Å². The third-order valence-electron chi connectivity index (χ3n) is 6.20. The highest BCUT2D eigenvalue weighted by Crippen LogP contribution is 2.25. The van der Waals surface area contributed by atoms with Crippen LogP contribution in [-0.4, -0.2) is 32.1 Å². The number of nitrogens with zero attached hydrogens (tertiary/aromatic N) is 4. The molecule has 2 aromatic heterocycles. The zero-order valence-electron chi connectivity index (χ0n) is 19.4. The minimum absolute atomic E-state index is 0.254. The Hall–Kier alpha value is -3.32. The van der Waals surface area contributed by atoms with Crippen molar-refractivity contribution in [2.24, 2.45) is 0 Å². The van der Waals surface area contributed by atoms with E-state index in [0.717, 1.165) is 49.6 Å². The van der Waals surface area contributed by atoms with Crippen molar-refractivity contribution < 1.29 is 9.18 Å². The van der Waals surface area contributed by atoms with E-state index in [1.165, 1.54) is 34.9 Å². The van der Waals surface area contributed by atoms with Gasteiger partial charge in [-0.25, -0.2) is 4.39 Å². The van der Waals surface area contributed by atoms with Crippen molar-refractivity contribution in [3.05, 3.63) is 87.8 Å². The molecule has 0 bridgehead atoms. The van der Waals surface area contributed by atoms with E-state index in [9.17, 15) is 9.18 Å². The third-order valence-corrected chi connectivity index (χ3v) is 6.20. The van der Waals surface area contributed by atoms with Gasteiger partial charge in [-0.1, -0.05) is 18.2 Å². The van der Waals surface area contributed by atoms with Gasteiger partial charge in [0.15, 0.2) is 0 Å². The average molecular weight is 448 g/mol. The van der Waals surface area contributed by atoms with Crippen LogP contribution in [0.15, 0.2) is 42.7 Å². The monoisotopic (exact) mass is 447 g/mol. The van der Waals surface area contributed by atoms with Crippen molar-refractivity contribution in [2.75, 3.05) is 6.54 Å². The van der Waals surface area contributed by atoms with Gasteiger partial charge in [-0.05, 0) is 56.0 Å². The molecule has 0 saturated heterocycles. The fraction of sp³-hybridized carbons (Fsp3) is 0.346. The lowest BCUT2D eigenvalue weighted by Crippen LogP contribution is -2.32. The largest absolute Gasteiger partial charge is 0.348 e. The summed E-state index contributed by atoms with van der Waals surface area (Å²) < 4.78 is 15.7. The normalized spacial score (nSPS) is 13.9. The Morgan fingerprint density at radius 3 is 2.82 bits per heavy atom. The Morgan fingerprint density at radius 2 is 2.06 bits per heavy atom. The summed E-state index contributed by atoms with van der Waals surface area (Å²) in [5, 5.41) is 7.49. The number of hydrogen-bond acceptors (Lipinski definition) is 4. The summed E-state index contributed by atoms with van der Waals surface area (Å²) >= 11 is 0. The Balaban J connectivity index is 1.41. The van der Waals surface area contributed by atoms with Gasteiger partial charge in [-0.3, -0.25) is 19.4 Å². The van der Waals surface area contributed by atoms with Crippen molar-refractivity contribution in [2.45, 2.75) is 53.4 Å². The Kier molecular flexibility index (Phi) is 6.99. The Labute approximate surface area is 194 Å². The first-order valence-corrected chi connectivity index (χ1v) is 11.4. The average Bonchev–Trinajstić information content (AvgIpc) is 3.17. The molecule has 33 heavy (non-hydrogen) atoms. The van der Waals surface area contributed by atoms with E-state index in [1.807, 2.05) is 17.8 Å². The van der Waals surface area contributed by atoms with Gasteiger partial charge in [0.05, 0.1) is 5.69 Å². The first-order valence-electron chi connectivity index (χ1n) is 11.4. The van der Waals surface area contributed by atoms with Crippen LogP contribution < -0.4 is 5.32 Å². The number of fused-ring (bicyclic) bond motifs is 1. The lowest BCUT2D eigenvalue weighted by Gasteiger charge is -2.30. The molecule has 1 aromatic carbocycles. The molecule has 7 heteroatoms. The summed E-state index contributed by atoms with van der Waals surface area (Å²) in [6, 6.07) is 6.39. The molecule has 1 N–H and O–H groups in total. The fourth-order valence-electron chi connectivity index (χ4n) is 4.28. The van der Waals surface area contributed by atoms with E-state index < -0.39 is 0 Å². The van der Waals surface area contributed by atoms with Gasteiger partial charge in [-0.2, -0.15) is 5.10 Å². The van der Waals surface area contributed by atoms with Crippen LogP contribution in [0.2, 0.25) is 0 Å². The van der Waals surface area contributed by atoms with Crippen LogP contribution in [0.5, 0.6) is 0 Å². The van der Waals surface area contributed by atoms with Gasteiger partial charge in [0, 0.05) is 68.0 Å². The molecule has 3 aromatic rings.